The summed E-state index contributed by atoms with van der Waals surface area (Å²) in [5.74, 6) is 4.93. The average Bonchev–Trinajstić information content (AvgIpc) is 3.21. The van der Waals surface area contributed by atoms with Gasteiger partial charge < -0.3 is 0 Å². The van der Waals surface area contributed by atoms with Crippen molar-refractivity contribution < 1.29 is 12.6 Å². The molecule has 0 aromatic heterocycles. The standard InChI is InChI=1S/C34H52O3S/c1-23(2)8-7-9-25(4)30-16-17-31-29-15-12-26-22-27(37-38(35,36)28-13-10-24(3)11-14-28)18-20-33(26,5)32(29)19-21-34(30,31)6/h10-14,23,25,27,29-32H,7-9,15-22H2,1-6H3/t25?,27?,29?,30-,31?,32?,33+,34-/m1/s1. The molecule has 0 N–H and O–H groups in total. The highest BCUT2D eigenvalue weighted by molar-refractivity contribution is 7.86. The summed E-state index contributed by atoms with van der Waals surface area (Å²) in [5.41, 5.74) is 3.24. The molecule has 212 valence electrons. The van der Waals surface area contributed by atoms with Gasteiger partial charge in [0.25, 0.3) is 10.1 Å². The third kappa shape index (κ3) is 5.18. The highest BCUT2D eigenvalue weighted by Gasteiger charge is 2.59. The summed E-state index contributed by atoms with van der Waals surface area (Å²) in [6.07, 6.45) is 15.8. The van der Waals surface area contributed by atoms with E-state index < -0.39 is 10.1 Å². The molecule has 1 aromatic carbocycles. The van der Waals surface area contributed by atoms with Gasteiger partial charge in [-0.25, -0.2) is 0 Å². The molecule has 0 radical (unpaired) electrons. The Morgan fingerprint density at radius 3 is 2.39 bits per heavy atom. The van der Waals surface area contributed by atoms with Crippen molar-refractivity contribution in [2.24, 2.45) is 46.3 Å². The van der Waals surface area contributed by atoms with Gasteiger partial charge in [0.15, 0.2) is 0 Å². The van der Waals surface area contributed by atoms with Gasteiger partial charge in [-0.3, -0.25) is 4.18 Å². The molecule has 3 nitrogen and oxygen atoms in total. The van der Waals surface area contributed by atoms with Crippen LogP contribution < -0.4 is 0 Å². The van der Waals surface area contributed by atoms with Crippen LogP contribution in [0.15, 0.2) is 40.8 Å². The molecule has 3 saturated carbocycles. The molecule has 8 atom stereocenters. The number of rotatable bonds is 8. The van der Waals surface area contributed by atoms with Gasteiger partial charge in [-0.1, -0.05) is 83.2 Å². The highest BCUT2D eigenvalue weighted by Crippen LogP contribution is 2.67. The molecular weight excluding hydrogens is 488 g/mol. The average molecular weight is 541 g/mol. The van der Waals surface area contributed by atoms with E-state index in [2.05, 4.69) is 40.7 Å². The number of aryl methyl sites for hydroxylation is 1. The van der Waals surface area contributed by atoms with Crippen LogP contribution in [0.1, 0.15) is 111 Å². The second-order valence-corrected chi connectivity index (χ2v) is 16.1. The Kier molecular flexibility index (Phi) is 7.99. The molecule has 5 rings (SSSR count). The molecule has 0 aliphatic heterocycles. The van der Waals surface area contributed by atoms with E-state index in [0.717, 1.165) is 60.3 Å². The topological polar surface area (TPSA) is 43.4 Å². The minimum absolute atomic E-state index is 0.207. The minimum atomic E-state index is -3.73. The Labute approximate surface area is 233 Å². The Balaban J connectivity index is 1.27. The van der Waals surface area contributed by atoms with Gasteiger partial charge in [0, 0.05) is 0 Å². The van der Waals surface area contributed by atoms with Crippen molar-refractivity contribution >= 4 is 10.1 Å². The van der Waals surface area contributed by atoms with E-state index in [0.29, 0.717) is 5.41 Å². The number of hydrogen-bond acceptors (Lipinski definition) is 3. The van der Waals surface area contributed by atoms with Crippen molar-refractivity contribution in [1.82, 2.24) is 0 Å². The van der Waals surface area contributed by atoms with Gasteiger partial charge in [0.05, 0.1) is 11.0 Å². The van der Waals surface area contributed by atoms with Crippen molar-refractivity contribution in [2.75, 3.05) is 0 Å². The summed E-state index contributed by atoms with van der Waals surface area (Å²) in [6.45, 7) is 14.4. The quantitative estimate of drug-likeness (QED) is 0.244. The largest absolute Gasteiger partial charge is 0.297 e. The summed E-state index contributed by atoms with van der Waals surface area (Å²) in [5, 5.41) is 0. The first-order valence-electron chi connectivity index (χ1n) is 15.6. The maximum Gasteiger partial charge on any atom is 0.297 e. The van der Waals surface area contributed by atoms with E-state index >= 15 is 0 Å². The van der Waals surface area contributed by atoms with Gasteiger partial charge >= 0.3 is 0 Å². The zero-order valence-corrected chi connectivity index (χ0v) is 25.7. The van der Waals surface area contributed by atoms with Crippen LogP contribution in [0, 0.1) is 53.3 Å². The molecule has 38 heavy (non-hydrogen) atoms. The fraction of sp³-hybridized carbons (Fsp3) is 0.765. The first kappa shape index (κ1) is 28.4. The van der Waals surface area contributed by atoms with E-state index in [1.807, 2.05) is 19.1 Å². The van der Waals surface area contributed by atoms with E-state index in [1.54, 1.807) is 12.1 Å². The van der Waals surface area contributed by atoms with Crippen LogP contribution in [0.2, 0.25) is 0 Å². The lowest BCUT2D eigenvalue weighted by Crippen LogP contribution is -2.51. The van der Waals surface area contributed by atoms with Crippen molar-refractivity contribution in [2.45, 2.75) is 123 Å². The number of allylic oxidation sites excluding steroid dienone is 1. The predicted molar refractivity (Wildman–Crippen MR) is 156 cm³/mol. The van der Waals surface area contributed by atoms with Crippen LogP contribution in [0.3, 0.4) is 0 Å². The lowest BCUT2D eigenvalue weighted by Gasteiger charge is -2.58. The summed E-state index contributed by atoms with van der Waals surface area (Å²) >= 11 is 0. The molecule has 4 aliphatic rings. The van der Waals surface area contributed by atoms with Crippen molar-refractivity contribution in [3.05, 3.63) is 41.5 Å². The first-order valence-corrected chi connectivity index (χ1v) is 17.0. The molecule has 0 amide bonds. The molecule has 0 heterocycles. The summed E-state index contributed by atoms with van der Waals surface area (Å²) in [6, 6.07) is 7.02. The maximum absolute atomic E-state index is 13.0. The van der Waals surface area contributed by atoms with Gasteiger partial charge in [0.1, 0.15) is 0 Å². The van der Waals surface area contributed by atoms with E-state index in [1.165, 1.54) is 56.9 Å². The molecular formula is C34H52O3S. The third-order valence-corrected chi connectivity index (χ3v) is 13.2. The highest BCUT2D eigenvalue weighted by atomic mass is 32.2. The van der Waals surface area contributed by atoms with Gasteiger partial charge in [-0.15, -0.1) is 0 Å². The van der Waals surface area contributed by atoms with Crippen molar-refractivity contribution in [3.8, 4) is 0 Å². The second kappa shape index (κ2) is 10.7. The Morgan fingerprint density at radius 2 is 1.68 bits per heavy atom. The molecule has 1 aromatic rings. The van der Waals surface area contributed by atoms with Gasteiger partial charge in [-0.05, 0) is 117 Å². The molecule has 4 aliphatic carbocycles. The molecule has 0 bridgehead atoms. The predicted octanol–water partition coefficient (Wildman–Crippen LogP) is 9.11. The Morgan fingerprint density at radius 1 is 0.947 bits per heavy atom. The van der Waals surface area contributed by atoms with E-state index in [4.69, 9.17) is 4.18 Å². The number of fused-ring (bicyclic) bond motifs is 5. The molecule has 0 spiro atoms. The third-order valence-electron chi connectivity index (χ3n) is 11.8. The van der Waals surface area contributed by atoms with Crippen LogP contribution in [-0.4, -0.2) is 14.5 Å². The van der Waals surface area contributed by atoms with Crippen LogP contribution in [-0.2, 0) is 14.3 Å². The normalized spacial score (nSPS) is 37.8. The van der Waals surface area contributed by atoms with Crippen molar-refractivity contribution in [1.29, 1.82) is 0 Å². The zero-order valence-electron chi connectivity index (χ0n) is 24.8. The molecule has 4 heteroatoms. The Hall–Kier alpha value is -1.13. The van der Waals surface area contributed by atoms with Crippen LogP contribution in [0.25, 0.3) is 0 Å². The molecule has 0 saturated heterocycles. The lowest BCUT2D eigenvalue weighted by atomic mass is 9.47. The summed E-state index contributed by atoms with van der Waals surface area (Å²) in [7, 11) is -3.73. The maximum atomic E-state index is 13.0. The van der Waals surface area contributed by atoms with Gasteiger partial charge in [0.2, 0.25) is 0 Å². The van der Waals surface area contributed by atoms with E-state index in [9.17, 15) is 8.42 Å². The lowest BCUT2D eigenvalue weighted by molar-refractivity contribution is -0.0556. The Bertz CT molecular complexity index is 1120. The fourth-order valence-electron chi connectivity index (χ4n) is 9.67. The molecule has 3 fully saturated rings. The fourth-order valence-corrected chi connectivity index (χ4v) is 10.8. The first-order chi connectivity index (χ1) is 17.9. The molecule has 5 unspecified atom stereocenters. The van der Waals surface area contributed by atoms with Crippen LogP contribution >= 0.6 is 0 Å². The van der Waals surface area contributed by atoms with Crippen molar-refractivity contribution in [3.63, 3.8) is 0 Å². The SMILES string of the molecule is Cc1ccc(S(=O)(=O)OC2CC[C@@]3(C)C(=CCC4C3CC[C@@]3(C)C4CC[C@@H]3C(C)CCCC(C)C)C2)cc1. The number of hydrogen-bond donors (Lipinski definition) is 0. The van der Waals surface area contributed by atoms with Crippen LogP contribution in [0.4, 0.5) is 0 Å². The van der Waals surface area contributed by atoms with E-state index in [-0.39, 0.29) is 16.4 Å². The summed E-state index contributed by atoms with van der Waals surface area (Å²) in [4.78, 5) is 0.273. The minimum Gasteiger partial charge on any atom is -0.263 e. The van der Waals surface area contributed by atoms with Crippen LogP contribution in [0.5, 0.6) is 0 Å². The zero-order chi connectivity index (χ0) is 27.3. The number of benzene rings is 1. The second-order valence-electron chi connectivity index (χ2n) is 14.5. The monoisotopic (exact) mass is 540 g/mol. The summed E-state index contributed by atoms with van der Waals surface area (Å²) < 4.78 is 31.8. The smallest absolute Gasteiger partial charge is 0.263 e. The van der Waals surface area contributed by atoms with Gasteiger partial charge in [-0.2, -0.15) is 8.42 Å².